The van der Waals surface area contributed by atoms with Crippen LogP contribution in [0.15, 0.2) is 24.3 Å². The number of primary amides is 1. The fraction of sp³-hybridized carbons (Fsp3) is 0.588. The van der Waals surface area contributed by atoms with Crippen molar-refractivity contribution in [2.24, 2.45) is 17.4 Å². The molecule has 0 aliphatic carbocycles. The van der Waals surface area contributed by atoms with Gasteiger partial charge in [0.05, 0.1) is 6.10 Å². The summed E-state index contributed by atoms with van der Waals surface area (Å²) in [6.45, 7) is 2.86. The molecule has 130 valence electrons. The number of nitrogens with two attached hydrogens (primary N) is 2. The molecule has 0 spiro atoms. The molecular weight excluding hydrogens is 302 g/mol. The predicted octanol–water partition coefficient (Wildman–Crippen LogP) is 2.08. The summed E-state index contributed by atoms with van der Waals surface area (Å²) in [5.41, 5.74) is 10.7. The molecule has 1 amide bonds. The zero-order valence-corrected chi connectivity index (χ0v) is 13.6. The van der Waals surface area contributed by atoms with Gasteiger partial charge in [0, 0.05) is 12.0 Å². The van der Waals surface area contributed by atoms with Crippen LogP contribution in [-0.2, 0) is 11.2 Å². The maximum Gasteiger partial charge on any atom is 0.220 e. The van der Waals surface area contributed by atoms with Crippen LogP contribution in [0.5, 0.6) is 0 Å². The van der Waals surface area contributed by atoms with Crippen molar-refractivity contribution in [1.82, 2.24) is 0 Å². The largest absolute Gasteiger partial charge is 0.391 e. The second-order valence-electron chi connectivity index (χ2n) is 6.65. The lowest BCUT2D eigenvalue weighted by Crippen LogP contribution is -2.40. The van der Waals surface area contributed by atoms with Crippen molar-refractivity contribution >= 4 is 5.91 Å². The van der Waals surface area contributed by atoms with Gasteiger partial charge in [-0.15, -0.1) is 0 Å². The molecule has 3 atom stereocenters. The molecule has 0 fully saturated rings. The zero-order valence-electron chi connectivity index (χ0n) is 13.6. The highest BCUT2D eigenvalue weighted by Crippen LogP contribution is 2.23. The number of benzene rings is 1. The van der Waals surface area contributed by atoms with Crippen LogP contribution in [0.2, 0.25) is 0 Å². The lowest BCUT2D eigenvalue weighted by molar-refractivity contribution is -0.123. The molecular formula is C17H26F2N2O2. The predicted molar refractivity (Wildman–Crippen MR) is 85.8 cm³/mol. The van der Waals surface area contributed by atoms with Gasteiger partial charge in [-0.25, -0.2) is 8.78 Å². The van der Waals surface area contributed by atoms with Gasteiger partial charge in [-0.3, -0.25) is 4.79 Å². The minimum Gasteiger partial charge on any atom is -0.391 e. The molecule has 0 radical (unpaired) electrons. The normalized spacial score (nSPS) is 15.9. The summed E-state index contributed by atoms with van der Waals surface area (Å²) in [7, 11) is 0. The van der Waals surface area contributed by atoms with Gasteiger partial charge in [-0.1, -0.05) is 12.1 Å². The summed E-state index contributed by atoms with van der Waals surface area (Å²) in [4.78, 5) is 11.5. The minimum atomic E-state index is -1.39. The third-order valence-corrected chi connectivity index (χ3v) is 3.89. The third kappa shape index (κ3) is 7.52. The van der Waals surface area contributed by atoms with E-state index in [0.29, 0.717) is 6.42 Å². The van der Waals surface area contributed by atoms with Gasteiger partial charge >= 0.3 is 0 Å². The monoisotopic (exact) mass is 328 g/mol. The van der Waals surface area contributed by atoms with Gasteiger partial charge in [0.1, 0.15) is 11.5 Å². The van der Waals surface area contributed by atoms with Gasteiger partial charge in [0.2, 0.25) is 5.91 Å². The van der Waals surface area contributed by atoms with E-state index in [-0.39, 0.29) is 25.1 Å². The van der Waals surface area contributed by atoms with Gasteiger partial charge in [-0.05, 0) is 57.2 Å². The number of carbonyl (C=O) groups excluding carboxylic acids is 1. The Balaban J connectivity index is 2.57. The van der Waals surface area contributed by atoms with Crippen LogP contribution in [0, 0.1) is 11.7 Å². The Morgan fingerprint density at radius 3 is 2.35 bits per heavy atom. The van der Waals surface area contributed by atoms with E-state index in [9.17, 15) is 18.7 Å². The first-order valence-corrected chi connectivity index (χ1v) is 7.75. The standard InChI is InChI=1S/C17H26F2N2O2/c1-17(2,19)8-7-12(16(21)23)10-15(22)14(20)9-11-3-5-13(18)6-4-11/h3-6,12,14-15,22H,7-10,20H2,1-2H3,(H2,21,23). The Morgan fingerprint density at radius 1 is 1.30 bits per heavy atom. The number of rotatable bonds is 9. The van der Waals surface area contributed by atoms with Crippen molar-refractivity contribution in [2.45, 2.75) is 57.3 Å². The van der Waals surface area contributed by atoms with Gasteiger partial charge < -0.3 is 16.6 Å². The smallest absolute Gasteiger partial charge is 0.220 e. The lowest BCUT2D eigenvalue weighted by atomic mass is 9.88. The average Bonchev–Trinajstić information content (AvgIpc) is 2.44. The number of carbonyl (C=O) groups is 1. The first-order chi connectivity index (χ1) is 10.6. The lowest BCUT2D eigenvalue weighted by Gasteiger charge is -2.24. The topological polar surface area (TPSA) is 89.3 Å². The molecule has 3 unspecified atom stereocenters. The maximum absolute atomic E-state index is 13.6. The Labute approximate surface area is 135 Å². The number of hydrogen-bond donors (Lipinski definition) is 3. The summed E-state index contributed by atoms with van der Waals surface area (Å²) in [5, 5.41) is 10.2. The second kappa shape index (κ2) is 8.36. The molecule has 0 aliphatic heterocycles. The molecule has 23 heavy (non-hydrogen) atoms. The van der Waals surface area contributed by atoms with E-state index in [1.807, 2.05) is 0 Å². The molecule has 0 aromatic heterocycles. The van der Waals surface area contributed by atoms with Crippen LogP contribution in [0.25, 0.3) is 0 Å². The van der Waals surface area contributed by atoms with Crippen LogP contribution in [0.3, 0.4) is 0 Å². The molecule has 6 heteroatoms. The molecule has 1 aromatic carbocycles. The third-order valence-electron chi connectivity index (χ3n) is 3.89. The van der Waals surface area contributed by atoms with Crippen molar-refractivity contribution in [3.8, 4) is 0 Å². The van der Waals surface area contributed by atoms with E-state index in [4.69, 9.17) is 11.5 Å². The van der Waals surface area contributed by atoms with E-state index in [1.165, 1.54) is 26.0 Å². The number of alkyl halides is 1. The molecule has 1 aromatic rings. The number of aliphatic hydroxyl groups is 1. The van der Waals surface area contributed by atoms with Crippen molar-refractivity contribution in [1.29, 1.82) is 0 Å². The SMILES string of the molecule is CC(C)(F)CCC(CC(O)C(N)Cc1ccc(F)cc1)C(N)=O. The molecule has 0 bridgehead atoms. The molecule has 1 rings (SSSR count). The van der Waals surface area contributed by atoms with Crippen LogP contribution in [-0.4, -0.2) is 28.8 Å². The molecule has 0 saturated carbocycles. The van der Waals surface area contributed by atoms with Crippen LogP contribution >= 0.6 is 0 Å². The fourth-order valence-electron chi connectivity index (χ4n) is 2.39. The molecule has 0 aliphatic rings. The molecule has 4 nitrogen and oxygen atoms in total. The van der Waals surface area contributed by atoms with Crippen molar-refractivity contribution in [3.63, 3.8) is 0 Å². The van der Waals surface area contributed by atoms with Crippen LogP contribution < -0.4 is 11.5 Å². The number of amides is 1. The zero-order chi connectivity index (χ0) is 17.6. The first kappa shape index (κ1) is 19.5. The average molecular weight is 328 g/mol. The highest BCUT2D eigenvalue weighted by molar-refractivity contribution is 5.76. The van der Waals surface area contributed by atoms with E-state index < -0.39 is 29.6 Å². The van der Waals surface area contributed by atoms with E-state index in [0.717, 1.165) is 5.56 Å². The first-order valence-electron chi connectivity index (χ1n) is 7.75. The number of hydrogen-bond acceptors (Lipinski definition) is 3. The van der Waals surface area contributed by atoms with Crippen molar-refractivity contribution in [3.05, 3.63) is 35.6 Å². The minimum absolute atomic E-state index is 0.0910. The van der Waals surface area contributed by atoms with Gasteiger partial charge in [0.15, 0.2) is 0 Å². The van der Waals surface area contributed by atoms with Crippen molar-refractivity contribution < 1.29 is 18.7 Å². The summed E-state index contributed by atoms with van der Waals surface area (Å²) in [6, 6.07) is 5.23. The molecule has 5 N–H and O–H groups in total. The van der Waals surface area contributed by atoms with Gasteiger partial charge in [-0.2, -0.15) is 0 Å². The second-order valence-corrected chi connectivity index (χ2v) is 6.65. The Bertz CT molecular complexity index is 500. The summed E-state index contributed by atoms with van der Waals surface area (Å²) in [6.07, 6.45) is -0.0603. The molecule has 0 heterocycles. The quantitative estimate of drug-likeness (QED) is 0.648. The Kier molecular flexibility index (Phi) is 7.09. The van der Waals surface area contributed by atoms with Crippen LogP contribution in [0.1, 0.15) is 38.7 Å². The Morgan fingerprint density at radius 2 is 1.87 bits per heavy atom. The number of halogens is 2. The van der Waals surface area contributed by atoms with E-state index in [1.54, 1.807) is 12.1 Å². The van der Waals surface area contributed by atoms with E-state index >= 15 is 0 Å². The highest BCUT2D eigenvalue weighted by Gasteiger charge is 2.26. The van der Waals surface area contributed by atoms with Gasteiger partial charge in [0.25, 0.3) is 0 Å². The van der Waals surface area contributed by atoms with Crippen molar-refractivity contribution in [2.75, 3.05) is 0 Å². The number of aliphatic hydroxyl groups excluding tert-OH is 1. The van der Waals surface area contributed by atoms with E-state index in [2.05, 4.69) is 0 Å². The Hall–Kier alpha value is -1.53. The highest BCUT2D eigenvalue weighted by atomic mass is 19.1. The summed E-state index contributed by atoms with van der Waals surface area (Å²) < 4.78 is 26.4. The fourth-order valence-corrected chi connectivity index (χ4v) is 2.39. The molecule has 0 saturated heterocycles. The summed E-state index contributed by atoms with van der Waals surface area (Å²) >= 11 is 0. The maximum atomic E-state index is 13.6. The van der Waals surface area contributed by atoms with Crippen LogP contribution in [0.4, 0.5) is 8.78 Å². The summed E-state index contributed by atoms with van der Waals surface area (Å²) in [5.74, 6) is -1.54.